The normalized spacial score (nSPS) is 10.7. The lowest BCUT2D eigenvalue weighted by atomic mass is 10.1. The number of unbranched alkanes of at least 4 members (excludes halogenated alkanes) is 3. The Kier molecular flexibility index (Phi) is 13.7. The number of carbonyl (C=O) groups excluding carboxylic acids is 1. The maximum absolute atomic E-state index is 11.6. The van der Waals surface area contributed by atoms with E-state index in [-0.39, 0.29) is 29.9 Å². The van der Waals surface area contributed by atoms with E-state index in [0.717, 1.165) is 37.5 Å². The molecule has 0 heterocycles. The highest BCUT2D eigenvalue weighted by Gasteiger charge is 2.06. The van der Waals surface area contributed by atoms with Gasteiger partial charge in [0.25, 0.3) is 5.91 Å². The molecule has 0 saturated heterocycles. The summed E-state index contributed by atoms with van der Waals surface area (Å²) in [5.41, 5.74) is 1.75. The van der Waals surface area contributed by atoms with Crippen LogP contribution in [0.3, 0.4) is 0 Å². The summed E-state index contributed by atoms with van der Waals surface area (Å²) >= 11 is 0. The summed E-state index contributed by atoms with van der Waals surface area (Å²) in [5.74, 6) is 0.848. The van der Waals surface area contributed by atoms with Crippen molar-refractivity contribution in [2.24, 2.45) is 4.99 Å². The third-order valence-electron chi connectivity index (χ3n) is 3.95. The minimum absolute atomic E-state index is 0. The van der Waals surface area contributed by atoms with E-state index in [1.807, 2.05) is 30.3 Å². The van der Waals surface area contributed by atoms with E-state index in [1.54, 1.807) is 7.05 Å². The molecule has 1 rings (SSSR count). The molecule has 0 bridgehead atoms. The van der Waals surface area contributed by atoms with Crippen molar-refractivity contribution < 1.29 is 4.79 Å². The lowest BCUT2D eigenvalue weighted by Crippen LogP contribution is -2.39. The summed E-state index contributed by atoms with van der Waals surface area (Å²) in [4.78, 5) is 18.5. The van der Waals surface area contributed by atoms with Crippen LogP contribution in [0.5, 0.6) is 0 Å². The second-order valence-corrected chi connectivity index (χ2v) is 6.01. The molecule has 0 saturated carbocycles. The van der Waals surface area contributed by atoms with Crippen LogP contribution in [0.15, 0.2) is 41.9 Å². The molecule has 2 N–H and O–H groups in total. The first-order valence-corrected chi connectivity index (χ1v) is 9.03. The number of rotatable bonds is 10. The first kappa shape index (κ1) is 24.4. The molecule has 26 heavy (non-hydrogen) atoms. The highest BCUT2D eigenvalue weighted by molar-refractivity contribution is 14.0. The fraction of sp³-hybridized carbons (Fsp3) is 0.500. The third kappa shape index (κ3) is 9.22. The number of aliphatic imine (C=N–C) groups is 1. The Morgan fingerprint density at radius 2 is 1.92 bits per heavy atom. The summed E-state index contributed by atoms with van der Waals surface area (Å²) in [6.45, 7) is 8.25. The van der Waals surface area contributed by atoms with Gasteiger partial charge in [0.15, 0.2) is 5.96 Å². The lowest BCUT2D eigenvalue weighted by Gasteiger charge is -2.22. The smallest absolute Gasteiger partial charge is 0.251 e. The second kappa shape index (κ2) is 14.6. The van der Waals surface area contributed by atoms with Crippen molar-refractivity contribution in [3.63, 3.8) is 0 Å². The molecule has 0 aliphatic heterocycles. The van der Waals surface area contributed by atoms with E-state index < -0.39 is 0 Å². The molecular weight excluding hydrogens is 439 g/mol. The van der Waals surface area contributed by atoms with Gasteiger partial charge in [-0.25, -0.2) is 4.99 Å². The van der Waals surface area contributed by atoms with E-state index in [4.69, 9.17) is 4.99 Å². The van der Waals surface area contributed by atoms with Crippen LogP contribution in [0.4, 0.5) is 0 Å². The van der Waals surface area contributed by atoms with E-state index in [0.29, 0.717) is 12.1 Å². The average molecular weight is 472 g/mol. The molecule has 1 aromatic rings. The number of allylic oxidation sites excluding steroid dienone is 1. The van der Waals surface area contributed by atoms with Gasteiger partial charge in [0.05, 0.1) is 6.54 Å². The summed E-state index contributed by atoms with van der Waals surface area (Å²) < 4.78 is 0. The summed E-state index contributed by atoms with van der Waals surface area (Å²) in [6, 6.07) is 7.57. The number of guanidine groups is 1. The fourth-order valence-electron chi connectivity index (χ4n) is 2.46. The van der Waals surface area contributed by atoms with Crippen LogP contribution in [0, 0.1) is 0 Å². The Morgan fingerprint density at radius 3 is 2.50 bits per heavy atom. The van der Waals surface area contributed by atoms with Gasteiger partial charge >= 0.3 is 0 Å². The van der Waals surface area contributed by atoms with Crippen LogP contribution in [0.25, 0.3) is 0 Å². The van der Waals surface area contributed by atoms with Gasteiger partial charge in [0, 0.05) is 32.7 Å². The quantitative estimate of drug-likeness (QED) is 0.179. The third-order valence-corrected chi connectivity index (χ3v) is 3.95. The van der Waals surface area contributed by atoms with Crippen LogP contribution in [-0.4, -0.2) is 44.0 Å². The van der Waals surface area contributed by atoms with Crippen LogP contribution >= 0.6 is 24.0 Å². The number of carbonyl (C=O) groups is 1. The van der Waals surface area contributed by atoms with Crippen molar-refractivity contribution in [2.45, 2.75) is 39.2 Å². The van der Waals surface area contributed by atoms with Crippen LogP contribution in [0.1, 0.15) is 48.5 Å². The van der Waals surface area contributed by atoms with Gasteiger partial charge in [-0.15, -0.1) is 30.6 Å². The maximum atomic E-state index is 11.6. The van der Waals surface area contributed by atoms with Crippen LogP contribution < -0.4 is 10.6 Å². The van der Waals surface area contributed by atoms with Crippen molar-refractivity contribution in [2.75, 3.05) is 27.2 Å². The Morgan fingerprint density at radius 1 is 1.23 bits per heavy atom. The molecule has 6 heteroatoms. The summed E-state index contributed by atoms with van der Waals surface area (Å²) in [6.07, 6.45) is 6.61. The zero-order valence-corrected chi connectivity index (χ0v) is 18.6. The van der Waals surface area contributed by atoms with E-state index >= 15 is 0 Å². The topological polar surface area (TPSA) is 56.7 Å². The highest BCUT2D eigenvalue weighted by Crippen LogP contribution is 2.07. The number of amides is 1. The lowest BCUT2D eigenvalue weighted by molar-refractivity contribution is 0.0963. The predicted octanol–water partition coefficient (Wildman–Crippen LogP) is 3.81. The number of nitrogens with one attached hydrogen (secondary N) is 2. The van der Waals surface area contributed by atoms with Crippen LogP contribution in [0.2, 0.25) is 0 Å². The van der Waals surface area contributed by atoms with Crippen LogP contribution in [-0.2, 0) is 6.54 Å². The average Bonchev–Trinajstić information content (AvgIpc) is 2.64. The van der Waals surface area contributed by atoms with E-state index in [2.05, 4.69) is 36.1 Å². The van der Waals surface area contributed by atoms with E-state index in [1.165, 1.54) is 12.8 Å². The Balaban J connectivity index is 0.00000625. The molecule has 0 atom stereocenters. The van der Waals surface area contributed by atoms with Gasteiger partial charge in [0.1, 0.15) is 0 Å². The molecule has 5 nitrogen and oxygen atoms in total. The second-order valence-electron chi connectivity index (χ2n) is 6.01. The molecule has 146 valence electrons. The Labute approximate surface area is 175 Å². The fourth-order valence-corrected chi connectivity index (χ4v) is 2.46. The SMILES string of the molecule is C=CCCCCCN(C)C(=NCc1ccc(C(=O)NC)cc1)NCC.I. The largest absolute Gasteiger partial charge is 0.357 e. The first-order chi connectivity index (χ1) is 12.1. The Hall–Kier alpha value is -1.57. The molecule has 0 aromatic heterocycles. The van der Waals surface area contributed by atoms with Gasteiger partial charge in [-0.1, -0.05) is 24.6 Å². The van der Waals surface area contributed by atoms with Crippen molar-refractivity contribution in [3.05, 3.63) is 48.0 Å². The summed E-state index contributed by atoms with van der Waals surface area (Å²) in [7, 11) is 3.71. The monoisotopic (exact) mass is 472 g/mol. The number of halogens is 1. The Bertz CT molecular complexity index is 557. The number of benzene rings is 1. The molecule has 0 fully saturated rings. The first-order valence-electron chi connectivity index (χ1n) is 9.03. The summed E-state index contributed by atoms with van der Waals surface area (Å²) in [5, 5.41) is 5.97. The zero-order chi connectivity index (χ0) is 18.5. The molecule has 0 radical (unpaired) electrons. The van der Waals surface area contributed by atoms with Gasteiger partial charge in [-0.2, -0.15) is 0 Å². The highest BCUT2D eigenvalue weighted by atomic mass is 127. The van der Waals surface area contributed by atoms with Crippen molar-refractivity contribution in [1.29, 1.82) is 0 Å². The number of hydrogen-bond acceptors (Lipinski definition) is 2. The van der Waals surface area contributed by atoms with Gasteiger partial charge in [-0.3, -0.25) is 4.79 Å². The number of nitrogens with zero attached hydrogens (tertiary/aromatic N) is 2. The zero-order valence-electron chi connectivity index (χ0n) is 16.3. The maximum Gasteiger partial charge on any atom is 0.251 e. The van der Waals surface area contributed by atoms with Crippen molar-refractivity contribution in [3.8, 4) is 0 Å². The molecule has 0 aliphatic rings. The van der Waals surface area contributed by atoms with Crippen molar-refractivity contribution >= 4 is 35.8 Å². The molecular formula is C20H33IN4O. The predicted molar refractivity (Wildman–Crippen MR) is 121 cm³/mol. The molecule has 1 amide bonds. The van der Waals surface area contributed by atoms with Gasteiger partial charge < -0.3 is 15.5 Å². The minimum atomic E-state index is -0.0698. The standard InChI is InChI=1S/C20H32N4O.HI/c1-5-7-8-9-10-15-24(4)20(22-6-2)23-16-17-11-13-18(14-12-17)19(25)21-3;/h5,11-14H,1,6-10,15-16H2,2-4H3,(H,21,25)(H,22,23);1H. The minimum Gasteiger partial charge on any atom is -0.357 e. The van der Waals surface area contributed by atoms with Crippen molar-refractivity contribution in [1.82, 2.24) is 15.5 Å². The molecule has 1 aromatic carbocycles. The molecule has 0 aliphatic carbocycles. The van der Waals surface area contributed by atoms with E-state index in [9.17, 15) is 4.79 Å². The van der Waals surface area contributed by atoms with Gasteiger partial charge in [0.2, 0.25) is 0 Å². The van der Waals surface area contributed by atoms with Gasteiger partial charge in [-0.05, 0) is 43.9 Å². The molecule has 0 unspecified atom stereocenters. The number of hydrogen-bond donors (Lipinski definition) is 2. The molecule has 0 spiro atoms.